The molecule has 0 radical (unpaired) electrons. The number of hydrogen-bond donors (Lipinski definition) is 0. The normalized spacial score (nSPS) is 20.4. The maximum atomic E-state index is 12.9. The van der Waals surface area contributed by atoms with E-state index in [2.05, 4.69) is 20.8 Å². The van der Waals surface area contributed by atoms with Crippen LogP contribution in [0.1, 0.15) is 35.4 Å². The molecule has 2 aliphatic heterocycles. The summed E-state index contributed by atoms with van der Waals surface area (Å²) in [7, 11) is 0. The van der Waals surface area contributed by atoms with Crippen molar-refractivity contribution in [1.82, 2.24) is 19.7 Å². The van der Waals surface area contributed by atoms with Crippen LogP contribution in [0.5, 0.6) is 0 Å². The van der Waals surface area contributed by atoms with Crippen LogP contribution in [0.15, 0.2) is 24.3 Å². The highest BCUT2D eigenvalue weighted by Gasteiger charge is 2.30. The summed E-state index contributed by atoms with van der Waals surface area (Å²) in [5, 5.41) is 10.1. The molecule has 7 heteroatoms. The van der Waals surface area contributed by atoms with Gasteiger partial charge in [0.15, 0.2) is 0 Å². The second-order valence-corrected chi connectivity index (χ2v) is 9.63. The molecular weight excluding hydrogens is 394 g/mol. The predicted octanol–water partition coefficient (Wildman–Crippen LogP) is 2.74. The largest absolute Gasteiger partial charge is 0.339 e. The fourth-order valence-electron chi connectivity index (χ4n) is 4.61. The smallest absolute Gasteiger partial charge is 0.236 e. The number of nitriles is 1. The Labute approximate surface area is 181 Å². The Morgan fingerprint density at radius 2 is 2.03 bits per heavy atom. The Morgan fingerprint density at radius 3 is 2.77 bits per heavy atom. The predicted molar refractivity (Wildman–Crippen MR) is 117 cm³/mol. The molecule has 3 heterocycles. The van der Waals surface area contributed by atoms with Crippen LogP contribution in [-0.2, 0) is 17.8 Å². The van der Waals surface area contributed by atoms with Gasteiger partial charge in [-0.15, -0.1) is 11.3 Å². The Morgan fingerprint density at radius 1 is 1.20 bits per heavy atom. The second-order valence-electron chi connectivity index (χ2n) is 8.54. The summed E-state index contributed by atoms with van der Waals surface area (Å²) >= 11 is 1.69. The van der Waals surface area contributed by atoms with E-state index in [1.54, 1.807) is 11.3 Å². The molecule has 1 aliphatic carbocycles. The zero-order valence-corrected chi connectivity index (χ0v) is 18.0. The third-order valence-corrected chi connectivity index (χ3v) is 7.80. The third-order valence-electron chi connectivity index (χ3n) is 6.67. The topological polar surface area (TPSA) is 63.5 Å². The molecular formula is C23H27N5OS. The first-order valence-electron chi connectivity index (χ1n) is 10.9. The van der Waals surface area contributed by atoms with E-state index < -0.39 is 0 Å². The standard InChI is InChI=1S/C23H27N5OS/c24-14-17-3-1-4-18(13-17)23-25-20-7-8-26(15-21(20)30-23)16-22(29)28-11-9-27(10-12-28)19-5-2-6-19/h1,3-4,13,19H,2,5-12,15-16H2. The van der Waals surface area contributed by atoms with Crippen LogP contribution in [0.3, 0.4) is 0 Å². The fourth-order valence-corrected chi connectivity index (χ4v) is 5.75. The summed E-state index contributed by atoms with van der Waals surface area (Å²) < 4.78 is 0. The molecule has 2 fully saturated rings. The van der Waals surface area contributed by atoms with Crippen molar-refractivity contribution >= 4 is 17.2 Å². The zero-order valence-electron chi connectivity index (χ0n) is 17.2. The van der Waals surface area contributed by atoms with E-state index >= 15 is 0 Å². The molecule has 2 aromatic rings. The number of hydrogen-bond acceptors (Lipinski definition) is 6. The van der Waals surface area contributed by atoms with Crippen LogP contribution >= 0.6 is 11.3 Å². The molecule has 1 saturated carbocycles. The molecule has 6 nitrogen and oxygen atoms in total. The van der Waals surface area contributed by atoms with Crippen molar-refractivity contribution in [2.24, 2.45) is 0 Å². The number of thiazole rings is 1. The first-order valence-corrected chi connectivity index (χ1v) is 11.7. The third kappa shape index (κ3) is 4.00. The Balaban J connectivity index is 1.18. The summed E-state index contributed by atoms with van der Waals surface area (Å²) in [4.78, 5) is 25.8. The summed E-state index contributed by atoms with van der Waals surface area (Å²) in [6.07, 6.45) is 4.92. The maximum Gasteiger partial charge on any atom is 0.236 e. The summed E-state index contributed by atoms with van der Waals surface area (Å²) in [5.74, 6) is 0.262. The molecule has 0 spiro atoms. The minimum atomic E-state index is 0.262. The van der Waals surface area contributed by atoms with Gasteiger partial charge in [-0.05, 0) is 25.0 Å². The summed E-state index contributed by atoms with van der Waals surface area (Å²) in [5.41, 5.74) is 2.81. The van der Waals surface area contributed by atoms with E-state index in [4.69, 9.17) is 10.2 Å². The first kappa shape index (κ1) is 19.7. The van der Waals surface area contributed by atoms with Crippen molar-refractivity contribution in [2.75, 3.05) is 39.3 Å². The number of fused-ring (bicyclic) bond motifs is 1. The van der Waals surface area contributed by atoms with E-state index in [9.17, 15) is 4.79 Å². The molecule has 1 amide bonds. The minimum Gasteiger partial charge on any atom is -0.339 e. The molecule has 156 valence electrons. The van der Waals surface area contributed by atoms with E-state index in [1.807, 2.05) is 24.3 Å². The van der Waals surface area contributed by atoms with Crippen molar-refractivity contribution in [3.63, 3.8) is 0 Å². The minimum absolute atomic E-state index is 0.262. The van der Waals surface area contributed by atoms with Gasteiger partial charge in [0.2, 0.25) is 5.91 Å². The summed E-state index contributed by atoms with van der Waals surface area (Å²) in [6, 6.07) is 10.6. The lowest BCUT2D eigenvalue weighted by Gasteiger charge is -2.43. The second kappa shape index (κ2) is 8.46. The molecule has 5 rings (SSSR count). The molecule has 1 aromatic heterocycles. The average molecular weight is 422 g/mol. The van der Waals surface area contributed by atoms with Crippen LogP contribution in [-0.4, -0.2) is 70.9 Å². The number of amides is 1. The maximum absolute atomic E-state index is 12.9. The van der Waals surface area contributed by atoms with Crippen molar-refractivity contribution < 1.29 is 4.79 Å². The number of nitrogens with zero attached hydrogens (tertiary/aromatic N) is 5. The molecule has 3 aliphatic rings. The first-order chi connectivity index (χ1) is 14.7. The fraction of sp³-hybridized carbons (Fsp3) is 0.522. The number of rotatable bonds is 4. The van der Waals surface area contributed by atoms with Crippen LogP contribution in [0.4, 0.5) is 0 Å². The monoisotopic (exact) mass is 421 g/mol. The van der Waals surface area contributed by atoms with Crippen molar-refractivity contribution in [2.45, 2.75) is 38.3 Å². The van der Waals surface area contributed by atoms with Gasteiger partial charge in [-0.25, -0.2) is 4.98 Å². The van der Waals surface area contributed by atoms with Gasteiger partial charge in [-0.3, -0.25) is 14.6 Å². The molecule has 30 heavy (non-hydrogen) atoms. The SMILES string of the molecule is N#Cc1cccc(-c2nc3c(s2)CN(CC(=O)N2CCN(C4CCC4)CC2)CC3)c1. The molecule has 1 aromatic carbocycles. The van der Waals surface area contributed by atoms with Crippen molar-refractivity contribution in [3.8, 4) is 16.6 Å². The van der Waals surface area contributed by atoms with Gasteiger partial charge in [0.05, 0.1) is 23.9 Å². The lowest BCUT2D eigenvalue weighted by Crippen LogP contribution is -2.55. The molecule has 0 atom stereocenters. The number of carbonyl (C=O) groups is 1. The number of carbonyl (C=O) groups excluding carboxylic acids is 1. The Kier molecular flexibility index (Phi) is 5.55. The quantitative estimate of drug-likeness (QED) is 0.760. The highest BCUT2D eigenvalue weighted by molar-refractivity contribution is 7.15. The van der Waals surface area contributed by atoms with Crippen LogP contribution in [0.25, 0.3) is 10.6 Å². The van der Waals surface area contributed by atoms with Crippen LogP contribution in [0.2, 0.25) is 0 Å². The molecule has 0 unspecified atom stereocenters. The van der Waals surface area contributed by atoms with Crippen LogP contribution in [0, 0.1) is 11.3 Å². The van der Waals surface area contributed by atoms with Gasteiger partial charge in [0, 0.05) is 62.2 Å². The van der Waals surface area contributed by atoms with Gasteiger partial charge in [0.25, 0.3) is 0 Å². The van der Waals surface area contributed by atoms with Crippen molar-refractivity contribution in [1.29, 1.82) is 5.26 Å². The molecule has 0 N–H and O–H groups in total. The van der Waals surface area contributed by atoms with E-state index in [1.165, 1.54) is 24.1 Å². The Bertz CT molecular complexity index is 968. The molecule has 0 bridgehead atoms. The van der Waals surface area contributed by atoms with E-state index in [0.29, 0.717) is 12.1 Å². The average Bonchev–Trinajstić information content (AvgIpc) is 3.16. The highest BCUT2D eigenvalue weighted by Crippen LogP contribution is 2.32. The van der Waals surface area contributed by atoms with Gasteiger partial charge >= 0.3 is 0 Å². The number of aromatic nitrogens is 1. The van der Waals surface area contributed by atoms with Gasteiger partial charge in [-0.1, -0.05) is 18.6 Å². The Hall–Kier alpha value is -2.27. The van der Waals surface area contributed by atoms with Crippen LogP contribution < -0.4 is 0 Å². The molecule has 1 saturated heterocycles. The van der Waals surface area contributed by atoms with Gasteiger partial charge in [0.1, 0.15) is 5.01 Å². The number of benzene rings is 1. The van der Waals surface area contributed by atoms with Crippen molar-refractivity contribution in [3.05, 3.63) is 40.4 Å². The lowest BCUT2D eigenvalue weighted by atomic mass is 9.91. The summed E-state index contributed by atoms with van der Waals surface area (Å²) in [6.45, 7) is 5.96. The number of piperazine rings is 1. The van der Waals surface area contributed by atoms with E-state index in [-0.39, 0.29) is 5.91 Å². The highest BCUT2D eigenvalue weighted by atomic mass is 32.1. The zero-order chi connectivity index (χ0) is 20.5. The van der Waals surface area contributed by atoms with Gasteiger partial charge in [-0.2, -0.15) is 5.26 Å². The lowest BCUT2D eigenvalue weighted by molar-refractivity contribution is -0.135. The van der Waals surface area contributed by atoms with E-state index in [0.717, 1.165) is 68.0 Å². The van der Waals surface area contributed by atoms with Gasteiger partial charge < -0.3 is 4.90 Å².